The molecule has 0 spiro atoms. The summed E-state index contributed by atoms with van der Waals surface area (Å²) in [6, 6.07) is 6.36. The van der Waals surface area contributed by atoms with E-state index in [1.54, 1.807) is 13.0 Å². The molecule has 0 unspecified atom stereocenters. The first-order chi connectivity index (χ1) is 11.4. The highest BCUT2D eigenvalue weighted by Gasteiger charge is 2.23. The Bertz CT molecular complexity index is 749. The van der Waals surface area contributed by atoms with Gasteiger partial charge in [0.2, 0.25) is 0 Å². The van der Waals surface area contributed by atoms with Crippen LogP contribution in [0, 0.1) is 6.92 Å². The third-order valence-corrected chi connectivity index (χ3v) is 5.48. The van der Waals surface area contributed by atoms with Gasteiger partial charge in [0.1, 0.15) is 15.9 Å². The third-order valence-electron chi connectivity index (χ3n) is 3.32. The number of thiazole rings is 1. The Morgan fingerprint density at radius 2 is 2.12 bits per heavy atom. The SMILES string of the molecule is CSCC[C@@H](NC(=O)c1sc(-c2ccccc2Cl)nc1C)C(=O)O. The van der Waals surface area contributed by atoms with E-state index in [2.05, 4.69) is 10.3 Å². The summed E-state index contributed by atoms with van der Waals surface area (Å²) in [6.07, 6.45) is 2.27. The Hall–Kier alpha value is -1.57. The van der Waals surface area contributed by atoms with Gasteiger partial charge in [-0.3, -0.25) is 4.79 Å². The molecule has 0 saturated carbocycles. The number of amides is 1. The monoisotopic (exact) mass is 384 g/mol. The highest BCUT2D eigenvalue weighted by molar-refractivity contribution is 7.98. The molecule has 1 amide bonds. The Labute approximate surface area is 153 Å². The van der Waals surface area contributed by atoms with Gasteiger partial charge >= 0.3 is 5.97 Å². The molecule has 2 N–H and O–H groups in total. The molecule has 1 heterocycles. The van der Waals surface area contributed by atoms with Crippen molar-refractivity contribution in [2.75, 3.05) is 12.0 Å². The Morgan fingerprint density at radius 1 is 1.42 bits per heavy atom. The van der Waals surface area contributed by atoms with Gasteiger partial charge in [0, 0.05) is 5.56 Å². The molecule has 24 heavy (non-hydrogen) atoms. The van der Waals surface area contributed by atoms with Crippen molar-refractivity contribution in [2.24, 2.45) is 0 Å². The van der Waals surface area contributed by atoms with Gasteiger partial charge in [0.05, 0.1) is 10.7 Å². The van der Waals surface area contributed by atoms with E-state index in [1.165, 1.54) is 23.1 Å². The molecule has 5 nitrogen and oxygen atoms in total. The molecule has 2 aromatic rings. The lowest BCUT2D eigenvalue weighted by Crippen LogP contribution is -2.41. The number of hydrogen-bond acceptors (Lipinski definition) is 5. The molecule has 2 rings (SSSR count). The quantitative estimate of drug-likeness (QED) is 0.760. The van der Waals surface area contributed by atoms with Crippen LogP contribution in [0.15, 0.2) is 24.3 Å². The van der Waals surface area contributed by atoms with E-state index >= 15 is 0 Å². The van der Waals surface area contributed by atoms with Gasteiger partial charge in [-0.2, -0.15) is 11.8 Å². The number of benzene rings is 1. The lowest BCUT2D eigenvalue weighted by atomic mass is 10.2. The van der Waals surface area contributed by atoms with Crippen molar-refractivity contribution in [3.8, 4) is 10.6 Å². The van der Waals surface area contributed by atoms with Gasteiger partial charge in [-0.15, -0.1) is 11.3 Å². The molecule has 0 aliphatic heterocycles. The molecule has 0 bridgehead atoms. The summed E-state index contributed by atoms with van der Waals surface area (Å²) in [5, 5.41) is 13.0. The number of aromatic nitrogens is 1. The van der Waals surface area contributed by atoms with E-state index in [4.69, 9.17) is 11.6 Å². The first kappa shape index (κ1) is 18.8. The average Bonchev–Trinajstić information content (AvgIpc) is 2.93. The lowest BCUT2D eigenvalue weighted by Gasteiger charge is -2.13. The van der Waals surface area contributed by atoms with Gasteiger partial charge < -0.3 is 10.4 Å². The first-order valence-corrected chi connectivity index (χ1v) is 9.77. The number of nitrogens with one attached hydrogen (secondary N) is 1. The molecule has 0 radical (unpaired) electrons. The smallest absolute Gasteiger partial charge is 0.326 e. The van der Waals surface area contributed by atoms with Gasteiger partial charge in [-0.1, -0.05) is 29.8 Å². The van der Waals surface area contributed by atoms with Crippen molar-refractivity contribution in [3.05, 3.63) is 39.9 Å². The molecule has 0 aliphatic rings. The van der Waals surface area contributed by atoms with Gasteiger partial charge in [-0.05, 0) is 31.4 Å². The molecular formula is C16H17ClN2O3S2. The van der Waals surface area contributed by atoms with Crippen LogP contribution in [0.5, 0.6) is 0 Å². The Kier molecular flexibility index (Phi) is 6.65. The second kappa shape index (κ2) is 8.50. The zero-order valence-corrected chi connectivity index (χ0v) is 15.6. The van der Waals surface area contributed by atoms with Crippen LogP contribution in [-0.2, 0) is 4.79 Å². The number of thioether (sulfide) groups is 1. The predicted octanol–water partition coefficient (Wildman–Crippen LogP) is 3.71. The van der Waals surface area contributed by atoms with E-state index in [9.17, 15) is 14.7 Å². The molecule has 8 heteroatoms. The summed E-state index contributed by atoms with van der Waals surface area (Å²) in [4.78, 5) is 28.5. The maximum absolute atomic E-state index is 12.4. The first-order valence-electron chi connectivity index (χ1n) is 7.19. The van der Waals surface area contributed by atoms with E-state index in [-0.39, 0.29) is 0 Å². The minimum atomic E-state index is -1.04. The summed E-state index contributed by atoms with van der Waals surface area (Å²) in [7, 11) is 0. The van der Waals surface area contributed by atoms with Crippen LogP contribution in [0.2, 0.25) is 5.02 Å². The fourth-order valence-corrected chi connectivity index (χ4v) is 3.84. The number of halogens is 1. The van der Waals surface area contributed by atoms with Crippen LogP contribution < -0.4 is 5.32 Å². The highest BCUT2D eigenvalue weighted by Crippen LogP contribution is 2.32. The van der Waals surface area contributed by atoms with E-state index in [1.807, 2.05) is 24.5 Å². The van der Waals surface area contributed by atoms with Crippen LogP contribution in [0.25, 0.3) is 10.6 Å². The van der Waals surface area contributed by atoms with E-state index in [0.29, 0.717) is 32.8 Å². The van der Waals surface area contributed by atoms with Crippen LogP contribution in [0.1, 0.15) is 21.8 Å². The van der Waals surface area contributed by atoms with Gasteiger partial charge in [-0.25, -0.2) is 9.78 Å². The molecule has 128 valence electrons. The van der Waals surface area contributed by atoms with Gasteiger partial charge in [0.25, 0.3) is 5.91 Å². The van der Waals surface area contributed by atoms with E-state index < -0.39 is 17.9 Å². The Morgan fingerprint density at radius 3 is 2.75 bits per heavy atom. The van der Waals surface area contributed by atoms with Crippen LogP contribution >= 0.6 is 34.7 Å². The number of carbonyl (C=O) groups excluding carboxylic acids is 1. The minimum Gasteiger partial charge on any atom is -0.480 e. The third kappa shape index (κ3) is 4.49. The van der Waals surface area contributed by atoms with Crippen molar-refractivity contribution in [1.82, 2.24) is 10.3 Å². The standard InChI is InChI=1S/C16H17ClN2O3S2/c1-9-13(14(20)19-12(16(21)22)7-8-23-2)24-15(18-9)10-5-3-4-6-11(10)17/h3-6,12H,7-8H2,1-2H3,(H,19,20)(H,21,22)/t12-/m1/s1. The number of aryl methyl sites for hydroxylation is 1. The fraction of sp³-hybridized carbons (Fsp3) is 0.312. The number of nitrogens with zero attached hydrogens (tertiary/aromatic N) is 1. The molecular weight excluding hydrogens is 368 g/mol. The number of aliphatic carboxylic acids is 1. The highest BCUT2D eigenvalue weighted by atomic mass is 35.5. The number of rotatable bonds is 7. The number of hydrogen-bond donors (Lipinski definition) is 2. The van der Waals surface area contributed by atoms with Gasteiger partial charge in [0.15, 0.2) is 0 Å². The molecule has 1 atom stereocenters. The second-order valence-corrected chi connectivity index (χ2v) is 7.45. The molecule has 1 aromatic heterocycles. The largest absolute Gasteiger partial charge is 0.480 e. The zero-order chi connectivity index (χ0) is 17.7. The van der Waals surface area contributed by atoms with Crippen molar-refractivity contribution in [1.29, 1.82) is 0 Å². The van der Waals surface area contributed by atoms with Crippen LogP contribution in [0.4, 0.5) is 0 Å². The van der Waals surface area contributed by atoms with Crippen molar-refractivity contribution in [3.63, 3.8) is 0 Å². The molecule has 0 fully saturated rings. The topological polar surface area (TPSA) is 79.3 Å². The number of carboxylic acid groups (broad SMARTS) is 1. The number of carboxylic acids is 1. The Balaban J connectivity index is 2.21. The van der Waals surface area contributed by atoms with Crippen molar-refractivity contribution >= 4 is 46.6 Å². The summed E-state index contributed by atoms with van der Waals surface area (Å²) in [5.74, 6) is -0.799. The maximum Gasteiger partial charge on any atom is 0.326 e. The lowest BCUT2D eigenvalue weighted by molar-refractivity contribution is -0.139. The predicted molar refractivity (Wildman–Crippen MR) is 99.2 cm³/mol. The van der Waals surface area contributed by atoms with Crippen molar-refractivity contribution < 1.29 is 14.7 Å². The van der Waals surface area contributed by atoms with Crippen LogP contribution in [0.3, 0.4) is 0 Å². The fourth-order valence-electron chi connectivity index (χ4n) is 2.07. The summed E-state index contributed by atoms with van der Waals surface area (Å²) in [6.45, 7) is 1.73. The summed E-state index contributed by atoms with van der Waals surface area (Å²) < 4.78 is 0. The van der Waals surface area contributed by atoms with Crippen molar-refractivity contribution in [2.45, 2.75) is 19.4 Å². The minimum absolute atomic E-state index is 0.372. The average molecular weight is 385 g/mol. The summed E-state index contributed by atoms with van der Waals surface area (Å²) >= 11 is 8.91. The molecule has 1 aromatic carbocycles. The van der Waals surface area contributed by atoms with E-state index in [0.717, 1.165) is 5.56 Å². The number of carbonyl (C=O) groups is 2. The molecule has 0 saturated heterocycles. The summed E-state index contributed by atoms with van der Waals surface area (Å²) in [5.41, 5.74) is 1.31. The van der Waals surface area contributed by atoms with Crippen LogP contribution in [-0.4, -0.2) is 40.0 Å². The maximum atomic E-state index is 12.4. The molecule has 0 aliphatic carbocycles. The normalized spacial score (nSPS) is 12.0. The zero-order valence-electron chi connectivity index (χ0n) is 13.2. The second-order valence-electron chi connectivity index (χ2n) is 5.06.